The van der Waals surface area contributed by atoms with Gasteiger partial charge in [0.25, 0.3) is 0 Å². The van der Waals surface area contributed by atoms with Gasteiger partial charge in [0, 0.05) is 11.7 Å². The Labute approximate surface area is 91.5 Å². The van der Waals surface area contributed by atoms with Crippen molar-refractivity contribution in [2.75, 3.05) is 5.32 Å². The quantitative estimate of drug-likeness (QED) is 0.784. The van der Waals surface area contributed by atoms with E-state index in [4.69, 9.17) is 0 Å². The summed E-state index contributed by atoms with van der Waals surface area (Å²) in [5.74, 6) is -0.457. The lowest BCUT2D eigenvalue weighted by Gasteiger charge is -2.17. The molecule has 0 spiro atoms. The Hall–Kier alpha value is -1.26. The molecule has 1 aromatic rings. The van der Waals surface area contributed by atoms with Crippen LogP contribution in [-0.2, 0) is 0 Å². The Kier molecular flexibility index (Phi) is 3.78. The molecule has 0 saturated carbocycles. The van der Waals surface area contributed by atoms with E-state index in [1.54, 1.807) is 13.0 Å². The van der Waals surface area contributed by atoms with Crippen LogP contribution in [0.5, 0.6) is 0 Å². The molecule has 0 bridgehead atoms. The summed E-state index contributed by atoms with van der Waals surface area (Å²) in [6.07, 6.45) is -5.16. The number of alkyl halides is 3. The molecule has 1 nitrogen and oxygen atoms in total. The number of benzene rings is 1. The van der Waals surface area contributed by atoms with Crippen LogP contribution in [0.4, 0.5) is 23.2 Å². The van der Waals surface area contributed by atoms with Gasteiger partial charge in [0.05, 0.1) is 6.42 Å². The molecule has 0 aliphatic rings. The highest BCUT2D eigenvalue weighted by Crippen LogP contribution is 2.23. The van der Waals surface area contributed by atoms with Crippen molar-refractivity contribution < 1.29 is 17.6 Å². The van der Waals surface area contributed by atoms with E-state index in [0.29, 0.717) is 11.3 Å². The number of hydrogen-bond donors (Lipinski definition) is 1. The van der Waals surface area contributed by atoms with Crippen LogP contribution in [0.1, 0.15) is 18.9 Å². The van der Waals surface area contributed by atoms with E-state index in [0.717, 1.165) is 0 Å². The normalized spacial score (nSPS) is 13.6. The lowest BCUT2D eigenvalue weighted by Crippen LogP contribution is -2.23. The van der Waals surface area contributed by atoms with E-state index >= 15 is 0 Å². The molecule has 1 N–H and O–H groups in total. The molecule has 0 aliphatic carbocycles. The Morgan fingerprint density at radius 1 is 1.25 bits per heavy atom. The van der Waals surface area contributed by atoms with Gasteiger partial charge in [-0.05, 0) is 37.6 Å². The molecule has 90 valence electrons. The minimum Gasteiger partial charge on any atom is -0.382 e. The first-order chi connectivity index (χ1) is 7.26. The molecule has 5 heteroatoms. The molecule has 1 atom stereocenters. The lowest BCUT2D eigenvalue weighted by atomic mass is 10.2. The first-order valence-electron chi connectivity index (χ1n) is 4.87. The monoisotopic (exact) mass is 235 g/mol. The van der Waals surface area contributed by atoms with Gasteiger partial charge in [-0.3, -0.25) is 0 Å². The van der Waals surface area contributed by atoms with Crippen LogP contribution < -0.4 is 5.32 Å². The van der Waals surface area contributed by atoms with Crippen LogP contribution in [0.15, 0.2) is 18.2 Å². The number of hydrogen-bond acceptors (Lipinski definition) is 1. The number of aryl methyl sites for hydroxylation is 1. The minimum atomic E-state index is -4.21. The highest BCUT2D eigenvalue weighted by molar-refractivity contribution is 5.46. The van der Waals surface area contributed by atoms with Crippen molar-refractivity contribution in [3.05, 3.63) is 29.6 Å². The molecule has 1 unspecified atom stereocenters. The highest BCUT2D eigenvalue weighted by Gasteiger charge is 2.29. The summed E-state index contributed by atoms with van der Waals surface area (Å²) in [7, 11) is 0. The number of halogens is 4. The Bertz CT molecular complexity index is 339. The Balaban J connectivity index is 2.66. The van der Waals surface area contributed by atoms with Crippen LogP contribution in [0.2, 0.25) is 0 Å². The van der Waals surface area contributed by atoms with Crippen LogP contribution in [0.3, 0.4) is 0 Å². The van der Waals surface area contributed by atoms with Crippen molar-refractivity contribution in [1.29, 1.82) is 0 Å². The fourth-order valence-electron chi connectivity index (χ4n) is 1.50. The maximum Gasteiger partial charge on any atom is 0.391 e. The third-order valence-corrected chi connectivity index (χ3v) is 1.99. The van der Waals surface area contributed by atoms with Gasteiger partial charge in [0.2, 0.25) is 0 Å². The summed E-state index contributed by atoms with van der Waals surface area (Å²) in [6.45, 7) is 3.09. The number of nitrogens with one attached hydrogen (secondary N) is 1. The van der Waals surface area contributed by atoms with Crippen LogP contribution in [-0.4, -0.2) is 12.2 Å². The molecule has 0 amide bonds. The highest BCUT2D eigenvalue weighted by atomic mass is 19.4. The molecule has 16 heavy (non-hydrogen) atoms. The van der Waals surface area contributed by atoms with E-state index in [1.165, 1.54) is 19.1 Å². The van der Waals surface area contributed by atoms with Crippen molar-refractivity contribution in [2.24, 2.45) is 0 Å². The second kappa shape index (κ2) is 4.72. The third-order valence-electron chi connectivity index (χ3n) is 1.99. The SMILES string of the molecule is Cc1cc(F)cc(NC(C)CC(F)(F)F)c1. The molecular weight excluding hydrogens is 222 g/mol. The van der Waals surface area contributed by atoms with Gasteiger partial charge < -0.3 is 5.32 Å². The fourth-order valence-corrected chi connectivity index (χ4v) is 1.50. The lowest BCUT2D eigenvalue weighted by molar-refractivity contribution is -0.136. The van der Waals surface area contributed by atoms with Crippen LogP contribution >= 0.6 is 0 Å². The van der Waals surface area contributed by atoms with Gasteiger partial charge in [-0.1, -0.05) is 0 Å². The second-order valence-electron chi connectivity index (χ2n) is 3.88. The van der Waals surface area contributed by atoms with Gasteiger partial charge in [0.1, 0.15) is 5.82 Å². The summed E-state index contributed by atoms with van der Waals surface area (Å²) in [5, 5.41) is 2.62. The third kappa shape index (κ3) is 4.51. The van der Waals surface area contributed by atoms with Gasteiger partial charge in [-0.15, -0.1) is 0 Å². The van der Waals surface area contributed by atoms with Crippen molar-refractivity contribution in [3.63, 3.8) is 0 Å². The zero-order valence-corrected chi connectivity index (χ0v) is 9.03. The summed E-state index contributed by atoms with van der Waals surface area (Å²) in [4.78, 5) is 0. The first-order valence-corrected chi connectivity index (χ1v) is 4.87. The van der Waals surface area contributed by atoms with E-state index in [1.807, 2.05) is 0 Å². The maximum absolute atomic E-state index is 13.0. The van der Waals surface area contributed by atoms with Crippen molar-refractivity contribution in [1.82, 2.24) is 0 Å². The van der Waals surface area contributed by atoms with E-state index in [9.17, 15) is 17.6 Å². The summed E-state index contributed by atoms with van der Waals surface area (Å²) in [5.41, 5.74) is 1.04. The Morgan fingerprint density at radius 3 is 2.38 bits per heavy atom. The van der Waals surface area contributed by atoms with E-state index in [2.05, 4.69) is 5.32 Å². The second-order valence-corrected chi connectivity index (χ2v) is 3.88. The number of rotatable bonds is 3. The molecule has 0 radical (unpaired) electrons. The van der Waals surface area contributed by atoms with E-state index < -0.39 is 24.5 Å². The topological polar surface area (TPSA) is 12.0 Å². The molecular formula is C11H13F4N. The van der Waals surface area contributed by atoms with Gasteiger partial charge >= 0.3 is 6.18 Å². The van der Waals surface area contributed by atoms with Crippen molar-refractivity contribution >= 4 is 5.69 Å². The molecule has 0 aliphatic heterocycles. The minimum absolute atomic E-state index is 0.370. The van der Waals surface area contributed by atoms with Gasteiger partial charge in [-0.2, -0.15) is 13.2 Å². The van der Waals surface area contributed by atoms with Crippen LogP contribution in [0.25, 0.3) is 0 Å². The largest absolute Gasteiger partial charge is 0.391 e. The van der Waals surface area contributed by atoms with E-state index in [-0.39, 0.29) is 0 Å². The molecule has 1 rings (SSSR count). The van der Waals surface area contributed by atoms with Crippen LogP contribution in [0, 0.1) is 12.7 Å². The molecule has 1 aromatic carbocycles. The average molecular weight is 235 g/mol. The average Bonchev–Trinajstić information content (AvgIpc) is 1.96. The predicted octanol–water partition coefficient (Wildman–Crippen LogP) is 3.89. The molecule has 0 aromatic heterocycles. The zero-order chi connectivity index (χ0) is 12.3. The maximum atomic E-state index is 13.0. The summed E-state index contributed by atoms with van der Waals surface area (Å²) >= 11 is 0. The molecule has 0 saturated heterocycles. The van der Waals surface area contributed by atoms with Crippen molar-refractivity contribution in [2.45, 2.75) is 32.5 Å². The van der Waals surface area contributed by atoms with Gasteiger partial charge in [-0.25, -0.2) is 4.39 Å². The van der Waals surface area contributed by atoms with Crippen molar-refractivity contribution in [3.8, 4) is 0 Å². The Morgan fingerprint density at radius 2 is 1.88 bits per heavy atom. The molecule has 0 fully saturated rings. The predicted molar refractivity (Wildman–Crippen MR) is 54.9 cm³/mol. The van der Waals surface area contributed by atoms with Gasteiger partial charge in [0.15, 0.2) is 0 Å². The molecule has 0 heterocycles. The zero-order valence-electron chi connectivity index (χ0n) is 9.03. The standard InChI is InChI=1S/C11H13F4N/c1-7-3-9(12)5-10(4-7)16-8(2)6-11(13,14)15/h3-5,8,16H,6H2,1-2H3. The smallest absolute Gasteiger partial charge is 0.382 e. The summed E-state index contributed by atoms with van der Waals surface area (Å²) < 4.78 is 49.1. The number of anilines is 1. The summed E-state index contributed by atoms with van der Waals surface area (Å²) in [6, 6.07) is 3.33. The first kappa shape index (κ1) is 12.8. The fraction of sp³-hybridized carbons (Fsp3) is 0.455.